The number of amides is 1. The average molecular weight is 510 g/mol. The Morgan fingerprint density at radius 3 is 2.66 bits per heavy atom. The van der Waals surface area contributed by atoms with Crippen molar-refractivity contribution in [2.45, 2.75) is 32.2 Å². The molecule has 0 aliphatic carbocycles. The third-order valence-corrected chi connectivity index (χ3v) is 7.55. The molecule has 1 fully saturated rings. The molecule has 4 heterocycles. The SMILES string of the molecule is CC1c2ccccc2CCN1C(=O)c1cc(N2CCCC2)n2nc(-c3ccc(/C=C/C=O)cc3F)cc2n1. The number of hydrogen-bond donors (Lipinski definition) is 0. The number of aldehydes is 1. The highest BCUT2D eigenvalue weighted by atomic mass is 19.1. The summed E-state index contributed by atoms with van der Waals surface area (Å²) in [6.07, 6.45) is 6.46. The Balaban J connectivity index is 1.41. The van der Waals surface area contributed by atoms with Gasteiger partial charge in [0, 0.05) is 37.3 Å². The Bertz CT molecular complexity index is 1570. The summed E-state index contributed by atoms with van der Waals surface area (Å²) in [4.78, 5) is 33.2. The average Bonchev–Trinajstić information content (AvgIpc) is 3.62. The number of allylic oxidation sites excluding steroid dienone is 1. The molecular weight excluding hydrogens is 481 g/mol. The van der Waals surface area contributed by atoms with Crippen molar-refractivity contribution in [3.8, 4) is 11.3 Å². The lowest BCUT2D eigenvalue weighted by atomic mass is 9.93. The van der Waals surface area contributed by atoms with Crippen LogP contribution < -0.4 is 4.90 Å². The maximum absolute atomic E-state index is 15.0. The normalized spacial score (nSPS) is 17.4. The molecule has 1 amide bonds. The fourth-order valence-corrected chi connectivity index (χ4v) is 5.56. The summed E-state index contributed by atoms with van der Waals surface area (Å²) in [5, 5.41) is 4.71. The third kappa shape index (κ3) is 4.26. The molecule has 38 heavy (non-hydrogen) atoms. The number of carbonyl (C=O) groups excluding carboxylic acids is 2. The van der Waals surface area contributed by atoms with Gasteiger partial charge in [-0.15, -0.1) is 0 Å². The van der Waals surface area contributed by atoms with Gasteiger partial charge in [-0.25, -0.2) is 9.37 Å². The van der Waals surface area contributed by atoms with Gasteiger partial charge < -0.3 is 9.80 Å². The number of aromatic nitrogens is 3. The molecule has 8 heteroatoms. The van der Waals surface area contributed by atoms with E-state index in [1.165, 1.54) is 23.3 Å². The molecule has 4 aromatic rings. The van der Waals surface area contributed by atoms with Crippen molar-refractivity contribution in [1.29, 1.82) is 0 Å². The van der Waals surface area contributed by atoms with Crippen LogP contribution in [0.25, 0.3) is 23.0 Å². The Hall–Kier alpha value is -4.33. The van der Waals surface area contributed by atoms with Crippen LogP contribution in [0.5, 0.6) is 0 Å². The van der Waals surface area contributed by atoms with Gasteiger partial charge >= 0.3 is 0 Å². The number of carbonyl (C=O) groups is 2. The molecule has 2 aliphatic rings. The zero-order valence-corrected chi connectivity index (χ0v) is 21.2. The van der Waals surface area contributed by atoms with Gasteiger partial charge in [-0.3, -0.25) is 9.59 Å². The van der Waals surface area contributed by atoms with Gasteiger partial charge in [-0.2, -0.15) is 9.61 Å². The van der Waals surface area contributed by atoms with Crippen LogP contribution in [-0.2, 0) is 11.2 Å². The van der Waals surface area contributed by atoms with E-state index in [1.54, 1.807) is 28.8 Å². The Morgan fingerprint density at radius 1 is 1.05 bits per heavy atom. The van der Waals surface area contributed by atoms with Crippen molar-refractivity contribution in [2.75, 3.05) is 24.5 Å². The lowest BCUT2D eigenvalue weighted by molar-refractivity contribution is -0.104. The van der Waals surface area contributed by atoms with Crippen molar-refractivity contribution in [1.82, 2.24) is 19.5 Å². The van der Waals surface area contributed by atoms with E-state index in [-0.39, 0.29) is 11.9 Å². The summed E-state index contributed by atoms with van der Waals surface area (Å²) in [5.41, 5.74) is 4.67. The van der Waals surface area contributed by atoms with Gasteiger partial charge in [-0.05, 0) is 61.1 Å². The van der Waals surface area contributed by atoms with Gasteiger partial charge in [0.15, 0.2) is 5.65 Å². The highest BCUT2D eigenvalue weighted by molar-refractivity contribution is 5.94. The second kappa shape index (κ2) is 9.85. The number of hydrogen-bond acceptors (Lipinski definition) is 5. The lowest BCUT2D eigenvalue weighted by Gasteiger charge is -2.35. The van der Waals surface area contributed by atoms with Crippen LogP contribution in [0.3, 0.4) is 0 Å². The molecule has 192 valence electrons. The second-order valence-electron chi connectivity index (χ2n) is 9.85. The van der Waals surface area contributed by atoms with Crippen LogP contribution in [0, 0.1) is 5.82 Å². The largest absolute Gasteiger partial charge is 0.356 e. The number of nitrogens with zero attached hydrogens (tertiary/aromatic N) is 5. The van der Waals surface area contributed by atoms with E-state index in [4.69, 9.17) is 10.1 Å². The minimum Gasteiger partial charge on any atom is -0.356 e. The minimum absolute atomic E-state index is 0.0536. The topological polar surface area (TPSA) is 70.8 Å². The number of fused-ring (bicyclic) bond motifs is 2. The first-order chi connectivity index (χ1) is 18.5. The van der Waals surface area contributed by atoms with Crippen LogP contribution in [0.15, 0.2) is 60.7 Å². The highest BCUT2D eigenvalue weighted by Gasteiger charge is 2.30. The predicted octanol–water partition coefficient (Wildman–Crippen LogP) is 5.11. The maximum atomic E-state index is 15.0. The van der Waals surface area contributed by atoms with Gasteiger partial charge in [-0.1, -0.05) is 36.4 Å². The molecule has 6 rings (SSSR count). The summed E-state index contributed by atoms with van der Waals surface area (Å²) in [6.45, 7) is 4.41. The molecule has 1 unspecified atom stereocenters. The van der Waals surface area contributed by atoms with Gasteiger partial charge in [0.2, 0.25) is 0 Å². The first-order valence-corrected chi connectivity index (χ1v) is 13.0. The summed E-state index contributed by atoms with van der Waals surface area (Å²) < 4.78 is 16.8. The number of rotatable bonds is 5. The quantitative estimate of drug-likeness (QED) is 0.276. The van der Waals surface area contributed by atoms with Crippen LogP contribution in [0.4, 0.5) is 10.2 Å². The van der Waals surface area contributed by atoms with E-state index in [1.807, 2.05) is 23.1 Å². The fraction of sp³-hybridized carbons (Fsp3) is 0.267. The highest BCUT2D eigenvalue weighted by Crippen LogP contribution is 2.32. The third-order valence-electron chi connectivity index (χ3n) is 7.55. The summed E-state index contributed by atoms with van der Waals surface area (Å²) in [5.74, 6) is 0.231. The summed E-state index contributed by atoms with van der Waals surface area (Å²) in [6, 6.07) is 16.5. The van der Waals surface area contributed by atoms with Crippen LogP contribution in [0.2, 0.25) is 0 Å². The molecule has 0 bridgehead atoms. The first-order valence-electron chi connectivity index (χ1n) is 13.0. The molecule has 0 saturated carbocycles. The molecule has 2 aromatic carbocycles. The Kier molecular flexibility index (Phi) is 6.23. The standard InChI is InChI=1S/C30H28FN5O2/c1-20-23-9-3-2-8-22(23)12-15-35(20)30(38)27-19-29(34-13-4-5-14-34)36-28(32-27)18-26(33-36)24-11-10-21(7-6-16-37)17-25(24)31/h2-3,6-11,16-20H,4-5,12-15H2,1H3/b7-6+. The zero-order valence-electron chi connectivity index (χ0n) is 21.2. The van der Waals surface area contributed by atoms with E-state index in [0.29, 0.717) is 41.0 Å². The predicted molar refractivity (Wildman–Crippen MR) is 145 cm³/mol. The summed E-state index contributed by atoms with van der Waals surface area (Å²) in [7, 11) is 0. The van der Waals surface area contributed by atoms with Crippen molar-refractivity contribution < 1.29 is 14.0 Å². The molecule has 1 saturated heterocycles. The van der Waals surface area contributed by atoms with Crippen molar-refractivity contribution in [2.24, 2.45) is 0 Å². The van der Waals surface area contributed by atoms with E-state index < -0.39 is 5.82 Å². The van der Waals surface area contributed by atoms with E-state index in [0.717, 1.165) is 38.2 Å². The van der Waals surface area contributed by atoms with Crippen LogP contribution in [0.1, 0.15) is 53.0 Å². The molecule has 0 spiro atoms. The molecule has 0 radical (unpaired) electrons. The summed E-state index contributed by atoms with van der Waals surface area (Å²) >= 11 is 0. The van der Waals surface area contributed by atoms with E-state index >= 15 is 4.39 Å². The first kappa shape index (κ1) is 24.0. The zero-order chi connectivity index (χ0) is 26.2. The minimum atomic E-state index is -0.443. The van der Waals surface area contributed by atoms with E-state index in [9.17, 15) is 9.59 Å². The fourth-order valence-electron chi connectivity index (χ4n) is 5.56. The Morgan fingerprint density at radius 2 is 1.87 bits per heavy atom. The van der Waals surface area contributed by atoms with Gasteiger partial charge in [0.25, 0.3) is 5.91 Å². The van der Waals surface area contributed by atoms with Gasteiger partial charge in [0.1, 0.15) is 23.6 Å². The monoisotopic (exact) mass is 509 g/mol. The molecule has 2 aliphatic heterocycles. The van der Waals surface area contributed by atoms with Crippen LogP contribution >= 0.6 is 0 Å². The van der Waals surface area contributed by atoms with E-state index in [2.05, 4.69) is 24.0 Å². The molecule has 1 atom stereocenters. The maximum Gasteiger partial charge on any atom is 0.273 e. The number of benzene rings is 2. The molecule has 2 aromatic heterocycles. The number of halogens is 1. The molecule has 7 nitrogen and oxygen atoms in total. The Labute approximate surface area is 220 Å². The number of anilines is 1. The van der Waals surface area contributed by atoms with Crippen molar-refractivity contribution >= 4 is 29.7 Å². The smallest absolute Gasteiger partial charge is 0.273 e. The molecule has 0 N–H and O–H groups in total. The lowest BCUT2D eigenvalue weighted by Crippen LogP contribution is -2.39. The van der Waals surface area contributed by atoms with Crippen molar-refractivity contribution in [3.05, 3.63) is 88.9 Å². The van der Waals surface area contributed by atoms with Gasteiger partial charge in [0.05, 0.1) is 11.7 Å². The van der Waals surface area contributed by atoms with Crippen LogP contribution in [-0.4, -0.2) is 51.3 Å². The van der Waals surface area contributed by atoms with Crippen molar-refractivity contribution in [3.63, 3.8) is 0 Å². The molecular formula is C30H28FN5O2. The second-order valence-corrected chi connectivity index (χ2v) is 9.85.